The molecule has 0 spiro atoms. The molecule has 7 nitrogen and oxygen atoms in total. The molecule has 0 aliphatic carbocycles. The van der Waals surface area contributed by atoms with Gasteiger partial charge in [0.25, 0.3) is 0 Å². The van der Waals surface area contributed by atoms with Gasteiger partial charge >= 0.3 is 11.9 Å². The third-order valence-electron chi connectivity index (χ3n) is 0.840. The lowest BCUT2D eigenvalue weighted by Gasteiger charge is -1.94. The minimum atomic E-state index is -1.26. The van der Waals surface area contributed by atoms with Crippen molar-refractivity contribution in [3.8, 4) is 0 Å². The fourth-order valence-corrected chi connectivity index (χ4v) is 0.374. The summed E-state index contributed by atoms with van der Waals surface area (Å²) in [6, 6.07) is 0. The number of aliphatic hydroxyl groups excluding tert-OH is 2. The van der Waals surface area contributed by atoms with Crippen molar-refractivity contribution in [2.75, 3.05) is 26.4 Å². The number of hydrogen-bond acceptors (Lipinski definition) is 5. The van der Waals surface area contributed by atoms with Crippen molar-refractivity contribution in [1.29, 1.82) is 0 Å². The third-order valence-corrected chi connectivity index (χ3v) is 0.840. The summed E-state index contributed by atoms with van der Waals surface area (Å²) in [5, 5.41) is 31.8. The van der Waals surface area contributed by atoms with Gasteiger partial charge < -0.3 is 25.2 Å². The van der Waals surface area contributed by atoms with Crippen molar-refractivity contribution in [2.24, 2.45) is 0 Å². The molecule has 15 heavy (non-hydrogen) atoms. The second-order valence-electron chi connectivity index (χ2n) is 2.07. The number of aliphatic hydroxyl groups is 2. The van der Waals surface area contributed by atoms with Crippen LogP contribution in [0.5, 0.6) is 0 Å². The molecule has 0 heterocycles. The summed E-state index contributed by atoms with van der Waals surface area (Å²) in [4.78, 5) is 19.1. The van der Waals surface area contributed by atoms with Gasteiger partial charge in [-0.25, -0.2) is 9.59 Å². The molecule has 0 unspecified atom stereocenters. The van der Waals surface area contributed by atoms with E-state index in [-0.39, 0.29) is 13.2 Å². The molecule has 0 aromatic heterocycles. The number of rotatable bonds is 6. The van der Waals surface area contributed by atoms with Crippen LogP contribution < -0.4 is 0 Å². The maximum Gasteiger partial charge on any atom is 0.328 e. The summed E-state index contributed by atoms with van der Waals surface area (Å²) in [6.45, 7) is 0.696. The van der Waals surface area contributed by atoms with Gasteiger partial charge in [-0.3, -0.25) is 0 Å². The van der Waals surface area contributed by atoms with Crippen LogP contribution in [0.1, 0.15) is 0 Å². The predicted molar refractivity (Wildman–Crippen MR) is 49.4 cm³/mol. The summed E-state index contributed by atoms with van der Waals surface area (Å²) in [5.41, 5.74) is 0. The maximum atomic E-state index is 9.55. The van der Waals surface area contributed by atoms with Crippen LogP contribution in [0.4, 0.5) is 0 Å². The molecule has 0 aliphatic rings. The number of hydrogen-bond donors (Lipinski definition) is 4. The smallest absolute Gasteiger partial charge is 0.328 e. The van der Waals surface area contributed by atoms with E-state index in [1.54, 1.807) is 0 Å². The molecule has 0 aliphatic heterocycles. The summed E-state index contributed by atoms with van der Waals surface area (Å²) in [6.07, 6.45) is 1.12. The lowest BCUT2D eigenvalue weighted by Crippen LogP contribution is -2.03. The summed E-state index contributed by atoms with van der Waals surface area (Å²) in [5.74, 6) is -2.51. The normalized spacial score (nSPS) is 9.47. The molecule has 7 heteroatoms. The summed E-state index contributed by atoms with van der Waals surface area (Å²) in [7, 11) is 0. The van der Waals surface area contributed by atoms with Gasteiger partial charge in [0.15, 0.2) is 0 Å². The fourth-order valence-electron chi connectivity index (χ4n) is 0.374. The van der Waals surface area contributed by atoms with E-state index in [0.29, 0.717) is 25.4 Å². The van der Waals surface area contributed by atoms with Gasteiger partial charge in [-0.1, -0.05) is 0 Å². The van der Waals surface area contributed by atoms with E-state index in [1.807, 2.05) is 0 Å². The van der Waals surface area contributed by atoms with Crippen molar-refractivity contribution < 1.29 is 34.8 Å². The van der Waals surface area contributed by atoms with Crippen LogP contribution in [0.25, 0.3) is 0 Å². The van der Waals surface area contributed by atoms with Gasteiger partial charge in [-0.15, -0.1) is 0 Å². The second kappa shape index (κ2) is 12.6. The topological polar surface area (TPSA) is 124 Å². The van der Waals surface area contributed by atoms with E-state index in [0.717, 1.165) is 0 Å². The molecule has 0 aromatic carbocycles. The number of carbonyl (C=O) groups is 2. The van der Waals surface area contributed by atoms with Crippen LogP contribution in [0, 0.1) is 0 Å². The zero-order valence-corrected chi connectivity index (χ0v) is 8.00. The Bertz CT molecular complexity index is 179. The van der Waals surface area contributed by atoms with Gasteiger partial charge in [-0.05, 0) is 0 Å². The molecular formula is C8H14O7. The molecule has 0 saturated heterocycles. The quantitative estimate of drug-likeness (QED) is 0.325. The van der Waals surface area contributed by atoms with Gasteiger partial charge in [0, 0.05) is 12.2 Å². The Morgan fingerprint density at radius 1 is 0.933 bits per heavy atom. The van der Waals surface area contributed by atoms with Crippen LogP contribution in [0.3, 0.4) is 0 Å². The van der Waals surface area contributed by atoms with Gasteiger partial charge in [0.1, 0.15) is 0 Å². The van der Waals surface area contributed by atoms with E-state index in [1.165, 1.54) is 0 Å². The van der Waals surface area contributed by atoms with Crippen molar-refractivity contribution in [3.63, 3.8) is 0 Å². The lowest BCUT2D eigenvalue weighted by molar-refractivity contribution is -0.134. The number of carboxylic acid groups (broad SMARTS) is 2. The molecule has 0 aromatic rings. The first kappa shape index (κ1) is 16.0. The zero-order valence-electron chi connectivity index (χ0n) is 8.00. The van der Waals surface area contributed by atoms with E-state index in [4.69, 9.17) is 20.4 Å². The van der Waals surface area contributed by atoms with Gasteiger partial charge in [0.05, 0.1) is 26.4 Å². The molecule has 0 bridgehead atoms. The zero-order chi connectivity index (χ0) is 12.1. The Morgan fingerprint density at radius 3 is 1.47 bits per heavy atom. The second-order valence-corrected chi connectivity index (χ2v) is 2.07. The molecule has 0 rings (SSSR count). The Kier molecular flexibility index (Phi) is 13.4. The van der Waals surface area contributed by atoms with E-state index < -0.39 is 11.9 Å². The van der Waals surface area contributed by atoms with E-state index >= 15 is 0 Å². The summed E-state index contributed by atoms with van der Waals surface area (Å²) < 4.78 is 4.63. The highest BCUT2D eigenvalue weighted by atomic mass is 16.5. The molecule has 88 valence electrons. The summed E-state index contributed by atoms with van der Waals surface area (Å²) >= 11 is 0. The van der Waals surface area contributed by atoms with E-state index in [2.05, 4.69) is 4.74 Å². The first-order chi connectivity index (χ1) is 7.04. The van der Waals surface area contributed by atoms with Crippen molar-refractivity contribution in [3.05, 3.63) is 12.2 Å². The molecule has 0 amide bonds. The van der Waals surface area contributed by atoms with Gasteiger partial charge in [0.2, 0.25) is 0 Å². The Balaban J connectivity index is 0. The van der Waals surface area contributed by atoms with E-state index in [9.17, 15) is 9.59 Å². The highest BCUT2D eigenvalue weighted by Crippen LogP contribution is 1.70. The molecular weight excluding hydrogens is 208 g/mol. The van der Waals surface area contributed by atoms with Crippen molar-refractivity contribution in [1.82, 2.24) is 0 Å². The number of aliphatic carboxylic acids is 2. The first-order valence-electron chi connectivity index (χ1n) is 3.98. The van der Waals surface area contributed by atoms with Crippen LogP contribution in [-0.2, 0) is 14.3 Å². The Labute approximate surface area is 86.2 Å². The van der Waals surface area contributed by atoms with Gasteiger partial charge in [-0.2, -0.15) is 0 Å². The van der Waals surface area contributed by atoms with Crippen LogP contribution in [0.2, 0.25) is 0 Å². The average molecular weight is 222 g/mol. The highest BCUT2D eigenvalue weighted by Gasteiger charge is 1.88. The SMILES string of the molecule is O=C(O)/C=C/C(=O)O.OCCOCCO. The molecule has 0 fully saturated rings. The predicted octanol–water partition coefficient (Wildman–Crippen LogP) is -1.30. The minimum absolute atomic E-state index is 0.0278. The highest BCUT2D eigenvalue weighted by molar-refractivity contribution is 5.89. The third kappa shape index (κ3) is 24.5. The molecule has 0 atom stereocenters. The first-order valence-corrected chi connectivity index (χ1v) is 3.98. The molecule has 0 saturated carbocycles. The Hall–Kier alpha value is -1.44. The average Bonchev–Trinajstić information content (AvgIpc) is 2.17. The van der Waals surface area contributed by atoms with Crippen molar-refractivity contribution >= 4 is 11.9 Å². The Morgan fingerprint density at radius 2 is 1.27 bits per heavy atom. The van der Waals surface area contributed by atoms with Crippen LogP contribution >= 0.6 is 0 Å². The monoisotopic (exact) mass is 222 g/mol. The standard InChI is InChI=1S/C4H4O4.C4H10O3/c5-3(6)1-2-4(7)8;5-1-3-7-4-2-6/h1-2H,(H,5,6)(H,7,8);5-6H,1-4H2/b2-1+;. The molecule has 4 N–H and O–H groups in total. The van der Waals surface area contributed by atoms with Crippen LogP contribution in [0.15, 0.2) is 12.2 Å². The number of ether oxygens (including phenoxy) is 1. The minimum Gasteiger partial charge on any atom is -0.478 e. The molecule has 0 radical (unpaired) electrons. The maximum absolute atomic E-state index is 9.55. The van der Waals surface area contributed by atoms with Crippen LogP contribution in [-0.4, -0.2) is 58.8 Å². The largest absolute Gasteiger partial charge is 0.478 e. The number of carboxylic acids is 2. The lowest BCUT2D eigenvalue weighted by atomic mass is 10.5. The fraction of sp³-hybridized carbons (Fsp3) is 0.500. The van der Waals surface area contributed by atoms with Crippen molar-refractivity contribution in [2.45, 2.75) is 0 Å².